The van der Waals surface area contributed by atoms with Gasteiger partial charge in [-0.3, -0.25) is 0 Å². The lowest BCUT2D eigenvalue weighted by Crippen LogP contribution is -2.21. The number of nitrogens with one attached hydrogen (secondary N) is 1. The van der Waals surface area contributed by atoms with Gasteiger partial charge in [-0.25, -0.2) is 0 Å². The van der Waals surface area contributed by atoms with Gasteiger partial charge in [0, 0.05) is 16.2 Å². The summed E-state index contributed by atoms with van der Waals surface area (Å²) < 4.78 is 0.510. The number of benzene rings is 1. The first kappa shape index (κ1) is 9.10. The Kier molecular flexibility index (Phi) is 2.61. The van der Waals surface area contributed by atoms with E-state index in [4.69, 9.17) is 0 Å². The molecular weight excluding hydrogens is 178 g/mol. The Bertz CT molecular complexity index is 267. The molecule has 0 heterocycles. The van der Waals surface area contributed by atoms with Gasteiger partial charge in [0.1, 0.15) is 0 Å². The van der Waals surface area contributed by atoms with Crippen LogP contribution in [0.2, 0.25) is 0 Å². The van der Waals surface area contributed by atoms with Gasteiger partial charge in [0.15, 0.2) is 0 Å². The molecule has 1 aliphatic carbocycles. The molecular formula is C11H15NS. The first-order valence-corrected chi connectivity index (χ1v) is 5.55. The molecule has 1 nitrogen and oxygen atoms in total. The molecule has 13 heavy (non-hydrogen) atoms. The number of hydrogen-bond acceptors (Lipinski definition) is 2. The average Bonchev–Trinajstić information content (AvgIpc) is 2.87. The van der Waals surface area contributed by atoms with E-state index in [-0.39, 0.29) is 0 Å². The van der Waals surface area contributed by atoms with Crippen molar-refractivity contribution in [2.75, 3.05) is 13.6 Å². The zero-order valence-corrected chi connectivity index (χ0v) is 8.73. The number of thioether (sulfide) groups is 1. The summed E-state index contributed by atoms with van der Waals surface area (Å²) in [6, 6.07) is 10.7. The van der Waals surface area contributed by atoms with E-state index in [1.807, 2.05) is 18.8 Å². The standard InChI is InChI=1S/C11H15NS/c1-12-9-11(7-8-11)13-10-5-3-2-4-6-10/h2-6,12H,7-9H2,1H3. The van der Waals surface area contributed by atoms with E-state index in [0.717, 1.165) is 6.54 Å². The maximum absolute atomic E-state index is 3.27. The fraction of sp³-hybridized carbons (Fsp3) is 0.455. The lowest BCUT2D eigenvalue weighted by molar-refractivity contribution is 0.752. The van der Waals surface area contributed by atoms with Gasteiger partial charge >= 0.3 is 0 Å². The van der Waals surface area contributed by atoms with Crippen LogP contribution in [-0.2, 0) is 0 Å². The van der Waals surface area contributed by atoms with Gasteiger partial charge in [-0.15, -0.1) is 11.8 Å². The lowest BCUT2D eigenvalue weighted by atomic mass is 10.4. The van der Waals surface area contributed by atoms with E-state index in [9.17, 15) is 0 Å². The van der Waals surface area contributed by atoms with Crippen molar-refractivity contribution in [2.24, 2.45) is 0 Å². The molecule has 1 aromatic carbocycles. The topological polar surface area (TPSA) is 12.0 Å². The molecule has 0 amide bonds. The molecule has 2 rings (SSSR count). The van der Waals surface area contributed by atoms with Crippen LogP contribution in [0.15, 0.2) is 35.2 Å². The van der Waals surface area contributed by atoms with Crippen molar-refractivity contribution in [1.82, 2.24) is 5.32 Å². The number of rotatable bonds is 4. The highest BCUT2D eigenvalue weighted by atomic mass is 32.2. The van der Waals surface area contributed by atoms with Gasteiger partial charge in [0.2, 0.25) is 0 Å². The van der Waals surface area contributed by atoms with E-state index in [1.165, 1.54) is 17.7 Å². The third-order valence-corrected chi connectivity index (χ3v) is 3.88. The van der Waals surface area contributed by atoms with Crippen LogP contribution in [0, 0.1) is 0 Å². The molecule has 0 radical (unpaired) electrons. The van der Waals surface area contributed by atoms with Crippen LogP contribution in [0.4, 0.5) is 0 Å². The summed E-state index contributed by atoms with van der Waals surface area (Å²) in [5, 5.41) is 3.27. The van der Waals surface area contributed by atoms with Gasteiger partial charge in [0.05, 0.1) is 0 Å². The van der Waals surface area contributed by atoms with Crippen LogP contribution in [0.25, 0.3) is 0 Å². The molecule has 0 unspecified atom stereocenters. The van der Waals surface area contributed by atoms with Crippen LogP contribution >= 0.6 is 11.8 Å². The molecule has 0 atom stereocenters. The van der Waals surface area contributed by atoms with E-state index in [0.29, 0.717) is 4.75 Å². The Labute approximate surface area is 83.9 Å². The Morgan fingerprint density at radius 2 is 2.00 bits per heavy atom. The van der Waals surface area contributed by atoms with E-state index >= 15 is 0 Å². The molecule has 0 aliphatic heterocycles. The average molecular weight is 193 g/mol. The zero-order chi connectivity index (χ0) is 9.15. The monoisotopic (exact) mass is 193 g/mol. The Hall–Kier alpha value is -0.470. The highest BCUT2D eigenvalue weighted by Crippen LogP contribution is 2.51. The smallest absolute Gasteiger partial charge is 0.0332 e. The highest BCUT2D eigenvalue weighted by Gasteiger charge is 2.42. The lowest BCUT2D eigenvalue weighted by Gasteiger charge is -2.13. The molecule has 70 valence electrons. The summed E-state index contributed by atoms with van der Waals surface area (Å²) in [7, 11) is 2.03. The van der Waals surface area contributed by atoms with Gasteiger partial charge in [-0.2, -0.15) is 0 Å². The van der Waals surface area contributed by atoms with Crippen LogP contribution in [-0.4, -0.2) is 18.3 Å². The minimum Gasteiger partial charge on any atom is -0.318 e. The van der Waals surface area contributed by atoms with E-state index in [2.05, 4.69) is 35.6 Å². The summed E-state index contributed by atoms with van der Waals surface area (Å²) >= 11 is 2.02. The van der Waals surface area contributed by atoms with Crippen molar-refractivity contribution < 1.29 is 0 Å². The molecule has 0 bridgehead atoms. The largest absolute Gasteiger partial charge is 0.318 e. The van der Waals surface area contributed by atoms with Crippen molar-refractivity contribution in [2.45, 2.75) is 22.5 Å². The summed E-state index contributed by atoms with van der Waals surface area (Å²) in [6.45, 7) is 1.13. The second kappa shape index (κ2) is 3.72. The maximum atomic E-state index is 3.27. The fourth-order valence-corrected chi connectivity index (χ4v) is 2.83. The van der Waals surface area contributed by atoms with Gasteiger partial charge in [-0.1, -0.05) is 18.2 Å². The third kappa shape index (κ3) is 2.26. The Morgan fingerprint density at radius 1 is 1.31 bits per heavy atom. The second-order valence-corrected chi connectivity index (χ2v) is 5.17. The van der Waals surface area contributed by atoms with Gasteiger partial charge < -0.3 is 5.32 Å². The van der Waals surface area contributed by atoms with Crippen LogP contribution in [0.1, 0.15) is 12.8 Å². The summed E-state index contributed by atoms with van der Waals surface area (Å²) in [5.41, 5.74) is 0. The van der Waals surface area contributed by atoms with Gasteiger partial charge in [-0.05, 0) is 32.0 Å². The second-order valence-electron chi connectivity index (χ2n) is 3.63. The first-order chi connectivity index (χ1) is 6.35. The Balaban J connectivity index is 1.98. The molecule has 1 fully saturated rings. The Morgan fingerprint density at radius 3 is 2.54 bits per heavy atom. The van der Waals surface area contributed by atoms with Crippen molar-refractivity contribution in [3.63, 3.8) is 0 Å². The van der Waals surface area contributed by atoms with Crippen molar-refractivity contribution in [3.8, 4) is 0 Å². The first-order valence-electron chi connectivity index (χ1n) is 4.73. The minimum atomic E-state index is 0.510. The SMILES string of the molecule is CNCC1(Sc2ccccc2)CC1. The maximum Gasteiger partial charge on any atom is 0.0332 e. The zero-order valence-electron chi connectivity index (χ0n) is 7.92. The van der Waals surface area contributed by atoms with Crippen LogP contribution in [0.5, 0.6) is 0 Å². The molecule has 1 N–H and O–H groups in total. The fourth-order valence-electron chi connectivity index (χ4n) is 1.52. The summed E-state index contributed by atoms with van der Waals surface area (Å²) in [5.74, 6) is 0. The normalized spacial score (nSPS) is 18.5. The van der Waals surface area contributed by atoms with Crippen molar-refractivity contribution in [3.05, 3.63) is 30.3 Å². The summed E-state index contributed by atoms with van der Waals surface area (Å²) in [6.07, 6.45) is 2.71. The predicted molar refractivity (Wildman–Crippen MR) is 58.2 cm³/mol. The number of hydrogen-bond donors (Lipinski definition) is 1. The predicted octanol–water partition coefficient (Wildman–Crippen LogP) is 2.53. The van der Waals surface area contributed by atoms with Crippen molar-refractivity contribution >= 4 is 11.8 Å². The highest BCUT2D eigenvalue weighted by molar-refractivity contribution is 8.01. The van der Waals surface area contributed by atoms with E-state index < -0.39 is 0 Å². The van der Waals surface area contributed by atoms with Crippen LogP contribution in [0.3, 0.4) is 0 Å². The van der Waals surface area contributed by atoms with Crippen LogP contribution < -0.4 is 5.32 Å². The quantitative estimate of drug-likeness (QED) is 0.788. The minimum absolute atomic E-state index is 0.510. The molecule has 1 saturated carbocycles. The van der Waals surface area contributed by atoms with Crippen molar-refractivity contribution in [1.29, 1.82) is 0 Å². The molecule has 1 aromatic rings. The molecule has 0 aromatic heterocycles. The molecule has 0 spiro atoms. The molecule has 1 aliphatic rings. The molecule has 2 heteroatoms. The van der Waals surface area contributed by atoms with E-state index in [1.54, 1.807) is 0 Å². The molecule has 0 saturated heterocycles. The van der Waals surface area contributed by atoms with Gasteiger partial charge in [0.25, 0.3) is 0 Å². The third-order valence-electron chi connectivity index (χ3n) is 2.38. The summed E-state index contributed by atoms with van der Waals surface area (Å²) in [4.78, 5) is 1.40.